The van der Waals surface area contributed by atoms with Crippen molar-refractivity contribution in [3.8, 4) is 0 Å². The molecule has 2 N–H and O–H groups in total. The van der Waals surface area contributed by atoms with Gasteiger partial charge in [0, 0.05) is 6.16 Å². The molecule has 0 bridgehead atoms. The minimum absolute atomic E-state index is 0.342. The summed E-state index contributed by atoms with van der Waals surface area (Å²) in [6.07, 6.45) is 1.67. The molecule has 0 unspecified atom stereocenters. The van der Waals surface area contributed by atoms with Crippen LogP contribution in [0, 0.1) is 0 Å². The van der Waals surface area contributed by atoms with Crippen molar-refractivity contribution in [2.24, 2.45) is 0 Å². The van der Waals surface area contributed by atoms with Crippen LogP contribution in [0.15, 0.2) is 0 Å². The lowest BCUT2D eigenvalue weighted by atomic mass is 10.6. The molecule has 62 valence electrons. The van der Waals surface area contributed by atoms with Gasteiger partial charge in [0.15, 0.2) is 8.38 Å². The lowest BCUT2D eigenvalue weighted by molar-refractivity contribution is 0.0574. The van der Waals surface area contributed by atoms with Crippen molar-refractivity contribution < 1.29 is 19.3 Å². The molecule has 0 aromatic heterocycles. The minimum atomic E-state index is -1.06. The van der Waals surface area contributed by atoms with Gasteiger partial charge in [-0.25, -0.2) is 0 Å². The zero-order chi connectivity index (χ0) is 7.82. The third kappa shape index (κ3) is 5.09. The van der Waals surface area contributed by atoms with Gasteiger partial charge in [-0.05, 0) is 6.42 Å². The molecular weight excluding hydrogens is 155 g/mol. The van der Waals surface area contributed by atoms with Gasteiger partial charge >= 0.3 is 0 Å². The molecule has 0 aromatic carbocycles. The predicted molar refractivity (Wildman–Crippen MR) is 38.4 cm³/mol. The van der Waals surface area contributed by atoms with Gasteiger partial charge < -0.3 is 19.3 Å². The molecule has 5 heteroatoms. The number of hydrogen-bond acceptors (Lipinski definition) is 4. The Labute approximate surface area is 61.7 Å². The molecule has 0 amide bonds. The van der Waals surface area contributed by atoms with E-state index in [1.807, 2.05) is 6.92 Å². The third-order valence-electron chi connectivity index (χ3n) is 0.810. The monoisotopic (exact) mass is 168 g/mol. The summed E-state index contributed by atoms with van der Waals surface area (Å²) in [6.45, 7) is 1.30. The van der Waals surface area contributed by atoms with E-state index in [0.29, 0.717) is 0 Å². The van der Waals surface area contributed by atoms with Gasteiger partial charge in [-0.3, -0.25) is 0 Å². The maximum absolute atomic E-state index is 8.32. The number of rotatable bonds is 6. The summed E-state index contributed by atoms with van der Waals surface area (Å²) in [6, 6.07) is 0. The van der Waals surface area contributed by atoms with Crippen LogP contribution in [-0.2, 0) is 9.05 Å². The predicted octanol–water partition coefficient (Wildman–Crippen LogP) is 0.641. The van der Waals surface area contributed by atoms with Gasteiger partial charge in [-0.1, -0.05) is 6.92 Å². The van der Waals surface area contributed by atoms with E-state index in [2.05, 4.69) is 0 Å². The fraction of sp³-hybridized carbons (Fsp3) is 1.00. The molecule has 0 rings (SSSR count). The number of hydrogen-bond donors (Lipinski definition) is 2. The highest BCUT2D eigenvalue weighted by Gasteiger charge is 2.06. The van der Waals surface area contributed by atoms with Gasteiger partial charge in [0.25, 0.3) is 0 Å². The van der Waals surface area contributed by atoms with Crippen molar-refractivity contribution in [1.82, 2.24) is 0 Å². The van der Waals surface area contributed by atoms with E-state index in [1.165, 1.54) is 0 Å². The molecule has 4 nitrogen and oxygen atoms in total. The topological polar surface area (TPSA) is 58.9 Å². The highest BCUT2D eigenvalue weighted by Crippen LogP contribution is 2.37. The lowest BCUT2D eigenvalue weighted by Crippen LogP contribution is -1.96. The molecule has 0 saturated carbocycles. The fourth-order valence-electron chi connectivity index (χ4n) is 0.478. The second-order valence-electron chi connectivity index (χ2n) is 1.57. The average Bonchev–Trinajstić information content (AvgIpc) is 1.90. The SMILES string of the molecule is CCCP(OCO)OCO. The van der Waals surface area contributed by atoms with Crippen molar-refractivity contribution in [3.05, 3.63) is 0 Å². The van der Waals surface area contributed by atoms with E-state index in [0.717, 1.165) is 12.6 Å². The first kappa shape index (κ1) is 10.3. The van der Waals surface area contributed by atoms with Crippen LogP contribution in [0.4, 0.5) is 0 Å². The maximum atomic E-state index is 8.32. The van der Waals surface area contributed by atoms with Crippen LogP contribution >= 0.6 is 8.38 Å². The Morgan fingerprint density at radius 2 is 1.70 bits per heavy atom. The van der Waals surface area contributed by atoms with Crippen molar-refractivity contribution in [3.63, 3.8) is 0 Å². The average molecular weight is 168 g/mol. The Bertz CT molecular complexity index is 56.4. The molecule has 0 saturated heterocycles. The molecule has 0 radical (unpaired) electrons. The second-order valence-corrected chi connectivity index (χ2v) is 3.20. The van der Waals surface area contributed by atoms with Crippen molar-refractivity contribution >= 4 is 8.38 Å². The summed E-state index contributed by atoms with van der Waals surface area (Å²) in [5.41, 5.74) is 0. The Balaban J connectivity index is 3.30. The first-order valence-corrected chi connectivity index (χ1v) is 4.46. The Hall–Kier alpha value is 0.270. The largest absolute Gasteiger partial charge is 0.370 e. The maximum Gasteiger partial charge on any atom is 0.174 e. The summed E-state index contributed by atoms with van der Waals surface area (Å²) < 4.78 is 9.52. The molecule has 0 spiro atoms. The molecule has 0 aliphatic carbocycles. The van der Waals surface area contributed by atoms with Crippen LogP contribution in [-0.4, -0.2) is 30.0 Å². The van der Waals surface area contributed by atoms with E-state index in [-0.39, 0.29) is 13.6 Å². The number of aliphatic hydroxyl groups is 2. The van der Waals surface area contributed by atoms with Gasteiger partial charge in [0.2, 0.25) is 0 Å². The summed E-state index contributed by atoms with van der Waals surface area (Å²) in [4.78, 5) is 0. The molecular formula is C5H13O4P. The summed E-state index contributed by atoms with van der Waals surface area (Å²) >= 11 is 0. The van der Waals surface area contributed by atoms with Crippen molar-refractivity contribution in [2.45, 2.75) is 13.3 Å². The van der Waals surface area contributed by atoms with Crippen LogP contribution < -0.4 is 0 Å². The zero-order valence-corrected chi connectivity index (χ0v) is 6.88. The molecule has 0 aromatic rings. The van der Waals surface area contributed by atoms with E-state index >= 15 is 0 Å². The quantitative estimate of drug-likeness (QED) is 0.451. The summed E-state index contributed by atoms with van der Waals surface area (Å²) in [5.74, 6) is 0. The normalized spacial score (nSPS) is 10.8. The zero-order valence-electron chi connectivity index (χ0n) is 5.99. The number of aliphatic hydroxyl groups excluding tert-OH is 2. The van der Waals surface area contributed by atoms with Crippen LogP contribution in [0.25, 0.3) is 0 Å². The van der Waals surface area contributed by atoms with E-state index in [4.69, 9.17) is 19.3 Å². The molecule has 0 fully saturated rings. The Morgan fingerprint density at radius 3 is 2.00 bits per heavy atom. The summed E-state index contributed by atoms with van der Waals surface area (Å²) in [7, 11) is -1.06. The second kappa shape index (κ2) is 7.38. The highest BCUT2D eigenvalue weighted by atomic mass is 31.2. The minimum Gasteiger partial charge on any atom is -0.370 e. The smallest absolute Gasteiger partial charge is 0.174 e. The van der Waals surface area contributed by atoms with Gasteiger partial charge in [-0.2, -0.15) is 0 Å². The van der Waals surface area contributed by atoms with Gasteiger partial charge in [-0.15, -0.1) is 0 Å². The van der Waals surface area contributed by atoms with Crippen LogP contribution in [0.3, 0.4) is 0 Å². The van der Waals surface area contributed by atoms with Crippen LogP contribution in [0.2, 0.25) is 0 Å². The summed E-state index contributed by atoms with van der Waals surface area (Å²) in [5, 5.41) is 16.6. The molecule has 0 aliphatic rings. The van der Waals surface area contributed by atoms with E-state index in [9.17, 15) is 0 Å². The van der Waals surface area contributed by atoms with Gasteiger partial charge in [0.1, 0.15) is 13.6 Å². The fourth-order valence-corrected chi connectivity index (χ4v) is 1.43. The molecule has 0 heterocycles. The Kier molecular flexibility index (Phi) is 7.58. The highest BCUT2D eigenvalue weighted by molar-refractivity contribution is 7.47. The lowest BCUT2D eigenvalue weighted by Gasteiger charge is -2.12. The van der Waals surface area contributed by atoms with Gasteiger partial charge in [0.05, 0.1) is 0 Å². The standard InChI is InChI=1S/C5H13O4P/c1-2-3-10(8-4-6)9-5-7/h6-7H,2-5H2,1H3. The molecule has 0 atom stereocenters. The first-order chi connectivity index (χ1) is 4.85. The molecule has 10 heavy (non-hydrogen) atoms. The third-order valence-corrected chi connectivity index (χ3v) is 2.43. The first-order valence-electron chi connectivity index (χ1n) is 3.10. The van der Waals surface area contributed by atoms with Crippen molar-refractivity contribution in [2.75, 3.05) is 19.7 Å². The van der Waals surface area contributed by atoms with Crippen LogP contribution in [0.1, 0.15) is 13.3 Å². The van der Waals surface area contributed by atoms with Crippen molar-refractivity contribution in [1.29, 1.82) is 0 Å². The van der Waals surface area contributed by atoms with E-state index in [1.54, 1.807) is 0 Å². The van der Waals surface area contributed by atoms with E-state index < -0.39 is 8.38 Å². The Morgan fingerprint density at radius 1 is 1.20 bits per heavy atom. The van der Waals surface area contributed by atoms with Crippen LogP contribution in [0.5, 0.6) is 0 Å². The molecule has 0 aliphatic heterocycles.